The first-order valence-corrected chi connectivity index (χ1v) is 6.95. The van der Waals surface area contributed by atoms with Crippen LogP contribution in [0.15, 0.2) is 18.2 Å². The molecule has 1 aliphatic rings. The van der Waals surface area contributed by atoms with Crippen molar-refractivity contribution in [3.63, 3.8) is 0 Å². The number of benzene rings is 2. The molecular weight excluding hydrogens is 288 g/mol. The highest BCUT2D eigenvalue weighted by Gasteiger charge is 2.33. The summed E-state index contributed by atoms with van der Waals surface area (Å²) in [5.41, 5.74) is 0.869. The molecule has 1 heterocycles. The van der Waals surface area contributed by atoms with Crippen molar-refractivity contribution in [1.29, 1.82) is 0 Å². The Morgan fingerprint density at radius 2 is 2.00 bits per heavy atom. The number of aromatic hydroxyl groups is 3. The summed E-state index contributed by atoms with van der Waals surface area (Å²) in [6.45, 7) is 1.68. The lowest BCUT2D eigenvalue weighted by Crippen LogP contribution is -2.27. The van der Waals surface area contributed by atoms with Crippen molar-refractivity contribution in [2.24, 2.45) is 0 Å². The van der Waals surface area contributed by atoms with Gasteiger partial charge in [0.15, 0.2) is 0 Å². The first kappa shape index (κ1) is 14.5. The number of aliphatic carboxylic acids is 1. The number of rotatable bonds is 2. The molecule has 0 bridgehead atoms. The topological polar surface area (TPSA) is 107 Å². The lowest BCUT2D eigenvalue weighted by molar-refractivity contribution is -0.141. The van der Waals surface area contributed by atoms with Crippen LogP contribution in [-0.2, 0) is 16.0 Å². The molecule has 116 valence electrons. The molecule has 2 atom stereocenters. The number of phenols is 3. The van der Waals surface area contributed by atoms with Crippen LogP contribution in [-0.4, -0.2) is 32.5 Å². The third-order valence-electron chi connectivity index (χ3n) is 4.04. The number of hydrogen-bond acceptors (Lipinski definition) is 5. The lowest BCUT2D eigenvalue weighted by Gasteiger charge is -2.31. The van der Waals surface area contributed by atoms with E-state index in [9.17, 15) is 20.1 Å². The molecule has 0 unspecified atom stereocenters. The minimum absolute atomic E-state index is 0.0516. The van der Waals surface area contributed by atoms with Gasteiger partial charge in [0.1, 0.15) is 17.2 Å². The van der Waals surface area contributed by atoms with E-state index in [2.05, 4.69) is 0 Å². The Hall–Kier alpha value is -2.47. The second-order valence-electron chi connectivity index (χ2n) is 5.49. The average Bonchev–Trinajstić information content (AvgIpc) is 2.43. The number of hydrogen-bond donors (Lipinski definition) is 4. The smallest absolute Gasteiger partial charge is 0.305 e. The normalized spacial score (nSPS) is 20.8. The first-order chi connectivity index (χ1) is 10.4. The van der Waals surface area contributed by atoms with E-state index in [0.717, 1.165) is 0 Å². The van der Waals surface area contributed by atoms with Crippen LogP contribution >= 0.6 is 0 Å². The van der Waals surface area contributed by atoms with Crippen molar-refractivity contribution in [2.75, 3.05) is 0 Å². The zero-order chi connectivity index (χ0) is 16.0. The van der Waals surface area contributed by atoms with Gasteiger partial charge in [-0.3, -0.25) is 4.79 Å². The van der Waals surface area contributed by atoms with Crippen LogP contribution in [0.4, 0.5) is 0 Å². The van der Waals surface area contributed by atoms with Crippen LogP contribution in [0.3, 0.4) is 0 Å². The average molecular weight is 304 g/mol. The molecule has 0 spiro atoms. The minimum atomic E-state index is -0.984. The van der Waals surface area contributed by atoms with Crippen molar-refractivity contribution in [1.82, 2.24) is 0 Å². The maximum Gasteiger partial charge on any atom is 0.305 e. The van der Waals surface area contributed by atoms with Crippen LogP contribution in [0.2, 0.25) is 0 Å². The van der Waals surface area contributed by atoms with Crippen LogP contribution in [0.25, 0.3) is 10.8 Å². The molecule has 0 saturated heterocycles. The predicted molar refractivity (Wildman–Crippen MR) is 78.2 cm³/mol. The van der Waals surface area contributed by atoms with Gasteiger partial charge < -0.3 is 25.2 Å². The fourth-order valence-electron chi connectivity index (χ4n) is 3.15. The zero-order valence-electron chi connectivity index (χ0n) is 11.9. The highest BCUT2D eigenvalue weighted by atomic mass is 16.5. The molecule has 0 radical (unpaired) electrons. The molecule has 0 aromatic heterocycles. The molecule has 0 fully saturated rings. The molecule has 0 amide bonds. The summed E-state index contributed by atoms with van der Waals surface area (Å²) in [6.07, 6.45) is -1.14. The van der Waals surface area contributed by atoms with E-state index in [1.807, 2.05) is 0 Å². The van der Waals surface area contributed by atoms with Gasteiger partial charge in [0.05, 0.1) is 24.0 Å². The van der Waals surface area contributed by atoms with Crippen molar-refractivity contribution in [3.8, 4) is 17.2 Å². The Labute approximate surface area is 126 Å². The van der Waals surface area contributed by atoms with E-state index in [-0.39, 0.29) is 35.5 Å². The SMILES string of the molecule is C[C@H]1O[C@H](CC(=O)O)Cc2c1c(O)c1c(O)cccc1c2O. The Morgan fingerprint density at radius 3 is 2.68 bits per heavy atom. The Balaban J connectivity index is 2.23. The number of carbonyl (C=O) groups is 1. The summed E-state index contributed by atoms with van der Waals surface area (Å²) in [7, 11) is 0. The molecule has 6 heteroatoms. The summed E-state index contributed by atoms with van der Waals surface area (Å²) in [4.78, 5) is 10.9. The highest BCUT2D eigenvalue weighted by molar-refractivity contribution is 5.99. The number of phenolic OH excluding ortho intramolecular Hbond substituents is 3. The maximum absolute atomic E-state index is 10.9. The second-order valence-corrected chi connectivity index (χ2v) is 5.49. The quantitative estimate of drug-likeness (QED) is 0.635. The maximum atomic E-state index is 10.9. The van der Waals surface area contributed by atoms with Gasteiger partial charge in [-0.15, -0.1) is 0 Å². The Kier molecular flexibility index (Phi) is 3.33. The van der Waals surface area contributed by atoms with Gasteiger partial charge >= 0.3 is 5.97 Å². The molecular formula is C16H16O6. The van der Waals surface area contributed by atoms with Gasteiger partial charge in [0.2, 0.25) is 0 Å². The van der Waals surface area contributed by atoms with Crippen molar-refractivity contribution < 1.29 is 30.0 Å². The summed E-state index contributed by atoms with van der Waals surface area (Å²) in [5, 5.41) is 40.3. The van der Waals surface area contributed by atoms with E-state index >= 15 is 0 Å². The van der Waals surface area contributed by atoms with E-state index < -0.39 is 18.2 Å². The van der Waals surface area contributed by atoms with E-state index in [1.165, 1.54) is 6.07 Å². The molecule has 6 nitrogen and oxygen atoms in total. The standard InChI is InChI=1S/C16H16O6/c1-7-13-10(5-8(22-7)6-12(18)19)15(20)9-3-2-4-11(17)14(9)16(13)21/h2-4,7-8,17,20-21H,5-6H2,1H3,(H,18,19)/t7-,8+/m1/s1. The van der Waals surface area contributed by atoms with E-state index in [1.54, 1.807) is 19.1 Å². The summed E-state index contributed by atoms with van der Waals surface area (Å²) in [5.74, 6) is -1.30. The van der Waals surface area contributed by atoms with Crippen molar-refractivity contribution >= 4 is 16.7 Å². The third-order valence-corrected chi connectivity index (χ3v) is 4.04. The molecule has 0 aliphatic carbocycles. The second kappa shape index (κ2) is 5.06. The third kappa shape index (κ3) is 2.12. The summed E-state index contributed by atoms with van der Waals surface area (Å²) in [6, 6.07) is 4.59. The van der Waals surface area contributed by atoms with E-state index in [4.69, 9.17) is 9.84 Å². The van der Waals surface area contributed by atoms with Crippen molar-refractivity contribution in [2.45, 2.75) is 32.0 Å². The van der Waals surface area contributed by atoms with E-state index in [0.29, 0.717) is 16.5 Å². The molecule has 1 aliphatic heterocycles. The van der Waals surface area contributed by atoms with Crippen LogP contribution in [0.1, 0.15) is 30.6 Å². The molecule has 2 aromatic carbocycles. The van der Waals surface area contributed by atoms with Crippen LogP contribution in [0, 0.1) is 0 Å². The molecule has 22 heavy (non-hydrogen) atoms. The Morgan fingerprint density at radius 1 is 1.27 bits per heavy atom. The van der Waals surface area contributed by atoms with Crippen molar-refractivity contribution in [3.05, 3.63) is 29.3 Å². The predicted octanol–water partition coefficient (Wildman–Crippen LogP) is 2.43. The first-order valence-electron chi connectivity index (χ1n) is 6.95. The monoisotopic (exact) mass is 304 g/mol. The number of fused-ring (bicyclic) bond motifs is 2. The molecule has 4 N–H and O–H groups in total. The largest absolute Gasteiger partial charge is 0.507 e. The number of carboxylic acids is 1. The minimum Gasteiger partial charge on any atom is -0.507 e. The van der Waals surface area contributed by atoms with Gasteiger partial charge in [-0.2, -0.15) is 0 Å². The van der Waals surface area contributed by atoms with Gasteiger partial charge in [-0.25, -0.2) is 0 Å². The summed E-state index contributed by atoms with van der Waals surface area (Å²) < 4.78 is 5.61. The van der Waals surface area contributed by atoms with Gasteiger partial charge in [0.25, 0.3) is 0 Å². The lowest BCUT2D eigenvalue weighted by atomic mass is 9.88. The van der Waals surface area contributed by atoms with Gasteiger partial charge in [-0.1, -0.05) is 12.1 Å². The molecule has 2 aromatic rings. The Bertz CT molecular complexity index is 767. The summed E-state index contributed by atoms with van der Waals surface area (Å²) >= 11 is 0. The molecule has 3 rings (SSSR count). The van der Waals surface area contributed by atoms with Crippen LogP contribution in [0.5, 0.6) is 17.2 Å². The van der Waals surface area contributed by atoms with Crippen LogP contribution < -0.4 is 0 Å². The fraction of sp³-hybridized carbons (Fsp3) is 0.312. The highest BCUT2D eigenvalue weighted by Crippen LogP contribution is 2.49. The van der Waals surface area contributed by atoms with Gasteiger partial charge in [0, 0.05) is 22.9 Å². The number of ether oxygens (including phenoxy) is 1. The zero-order valence-corrected chi connectivity index (χ0v) is 11.9. The van der Waals surface area contributed by atoms with Gasteiger partial charge in [-0.05, 0) is 13.0 Å². The number of carboxylic acid groups (broad SMARTS) is 1. The fourth-order valence-corrected chi connectivity index (χ4v) is 3.15. The molecule has 0 saturated carbocycles.